The van der Waals surface area contributed by atoms with Crippen LogP contribution in [0.25, 0.3) is 11.1 Å². The van der Waals surface area contributed by atoms with Gasteiger partial charge in [-0.05, 0) is 18.2 Å². The molecule has 0 fully saturated rings. The Hall–Kier alpha value is -2.50. The summed E-state index contributed by atoms with van der Waals surface area (Å²) in [6.45, 7) is 0. The van der Waals surface area contributed by atoms with Crippen LogP contribution in [0.1, 0.15) is 0 Å². The normalized spacial score (nSPS) is 10.3. The van der Waals surface area contributed by atoms with E-state index in [0.29, 0.717) is 0 Å². The van der Waals surface area contributed by atoms with Crippen molar-refractivity contribution in [2.24, 2.45) is 0 Å². The lowest BCUT2D eigenvalue weighted by atomic mass is 10.0. The fourth-order valence-electron chi connectivity index (χ4n) is 1.76. The molecule has 0 unspecified atom stereocenters. The molecule has 2 aromatic carbocycles. The summed E-state index contributed by atoms with van der Waals surface area (Å²) in [7, 11) is 1.28. The number of ether oxygens (including phenoxy) is 1. The van der Waals surface area contributed by atoms with Gasteiger partial charge in [0, 0.05) is 11.6 Å². The molecule has 0 aliphatic heterocycles. The highest BCUT2D eigenvalue weighted by Gasteiger charge is 2.20. The van der Waals surface area contributed by atoms with Crippen LogP contribution in [0, 0.1) is 21.7 Å². The van der Waals surface area contributed by atoms with Crippen molar-refractivity contribution in [1.82, 2.24) is 0 Å². The third kappa shape index (κ3) is 2.37. The van der Waals surface area contributed by atoms with Gasteiger partial charge in [0.05, 0.1) is 17.6 Å². The third-order valence-corrected chi connectivity index (χ3v) is 2.63. The number of halogens is 2. The first-order chi connectivity index (χ1) is 9.04. The second-order valence-corrected chi connectivity index (χ2v) is 3.74. The maximum Gasteiger partial charge on any atom is 0.277 e. The average Bonchev–Trinajstić information content (AvgIpc) is 2.38. The van der Waals surface area contributed by atoms with Crippen LogP contribution in [0.4, 0.5) is 14.5 Å². The predicted molar refractivity (Wildman–Crippen MR) is 65.0 cm³/mol. The third-order valence-electron chi connectivity index (χ3n) is 2.63. The molecule has 2 aromatic rings. The summed E-state index contributed by atoms with van der Waals surface area (Å²) in [5.41, 5.74) is -0.569. The Kier molecular flexibility index (Phi) is 3.41. The highest BCUT2D eigenvalue weighted by atomic mass is 19.1. The zero-order chi connectivity index (χ0) is 14.0. The van der Waals surface area contributed by atoms with E-state index >= 15 is 0 Å². The minimum Gasteiger partial charge on any atom is -0.494 e. The van der Waals surface area contributed by atoms with Gasteiger partial charge in [-0.2, -0.15) is 0 Å². The summed E-state index contributed by atoms with van der Waals surface area (Å²) < 4.78 is 32.1. The lowest BCUT2D eigenvalue weighted by Gasteiger charge is -2.08. The fourth-order valence-corrected chi connectivity index (χ4v) is 1.76. The molecular formula is C13H9F2NO3. The molecule has 19 heavy (non-hydrogen) atoms. The van der Waals surface area contributed by atoms with E-state index in [1.807, 2.05) is 0 Å². The van der Waals surface area contributed by atoms with E-state index in [9.17, 15) is 18.9 Å². The Bertz CT molecular complexity index is 644. The van der Waals surface area contributed by atoms with Crippen LogP contribution in [0.2, 0.25) is 0 Å². The largest absolute Gasteiger partial charge is 0.494 e. The zero-order valence-corrected chi connectivity index (χ0v) is 9.89. The summed E-state index contributed by atoms with van der Waals surface area (Å²) in [5.74, 6) is -1.50. The van der Waals surface area contributed by atoms with Crippen molar-refractivity contribution in [1.29, 1.82) is 0 Å². The maximum absolute atomic E-state index is 14.1. The number of nitrogens with zero attached hydrogens (tertiary/aromatic N) is 1. The summed E-state index contributed by atoms with van der Waals surface area (Å²) in [6.07, 6.45) is 0. The van der Waals surface area contributed by atoms with Crippen molar-refractivity contribution in [2.75, 3.05) is 7.11 Å². The van der Waals surface area contributed by atoms with Gasteiger partial charge >= 0.3 is 0 Å². The van der Waals surface area contributed by atoms with Crippen molar-refractivity contribution in [3.8, 4) is 16.9 Å². The number of nitro benzene ring substituents is 1. The van der Waals surface area contributed by atoms with E-state index in [0.717, 1.165) is 18.2 Å². The van der Waals surface area contributed by atoms with Gasteiger partial charge in [-0.15, -0.1) is 0 Å². The molecule has 0 atom stereocenters. The van der Waals surface area contributed by atoms with Gasteiger partial charge < -0.3 is 4.74 Å². The van der Waals surface area contributed by atoms with Crippen LogP contribution < -0.4 is 4.74 Å². The number of hydrogen-bond acceptors (Lipinski definition) is 3. The molecule has 0 aliphatic rings. The molecule has 0 amide bonds. The highest BCUT2D eigenvalue weighted by Crippen LogP contribution is 2.35. The monoisotopic (exact) mass is 265 g/mol. The topological polar surface area (TPSA) is 52.4 Å². The van der Waals surface area contributed by atoms with E-state index in [2.05, 4.69) is 0 Å². The summed E-state index contributed by atoms with van der Waals surface area (Å²) in [4.78, 5) is 10.2. The van der Waals surface area contributed by atoms with Gasteiger partial charge in [0.2, 0.25) is 0 Å². The quantitative estimate of drug-likeness (QED) is 0.630. The molecular weight excluding hydrogens is 256 g/mol. The van der Waals surface area contributed by atoms with Crippen molar-refractivity contribution in [3.63, 3.8) is 0 Å². The maximum atomic E-state index is 14.1. The van der Waals surface area contributed by atoms with Gasteiger partial charge in [0.15, 0.2) is 11.6 Å². The molecule has 6 heteroatoms. The summed E-state index contributed by atoms with van der Waals surface area (Å²) in [6, 6.07) is 7.08. The number of methoxy groups -OCH3 is 1. The molecule has 0 spiro atoms. The summed E-state index contributed by atoms with van der Waals surface area (Å²) in [5, 5.41) is 10.9. The number of hydrogen-bond donors (Lipinski definition) is 0. The number of nitro groups is 1. The van der Waals surface area contributed by atoms with Crippen molar-refractivity contribution in [2.45, 2.75) is 0 Å². The zero-order valence-electron chi connectivity index (χ0n) is 9.89. The van der Waals surface area contributed by atoms with Crippen LogP contribution in [0.5, 0.6) is 5.75 Å². The lowest BCUT2D eigenvalue weighted by molar-refractivity contribution is -0.384. The first kappa shape index (κ1) is 12.9. The van der Waals surface area contributed by atoms with Crippen LogP contribution in [0.3, 0.4) is 0 Å². The van der Waals surface area contributed by atoms with Gasteiger partial charge in [-0.25, -0.2) is 8.78 Å². The molecule has 0 bridgehead atoms. The minimum absolute atomic E-state index is 0.0592. The van der Waals surface area contributed by atoms with Crippen LogP contribution in [0.15, 0.2) is 36.4 Å². The van der Waals surface area contributed by atoms with Crippen LogP contribution in [-0.4, -0.2) is 12.0 Å². The number of rotatable bonds is 3. The molecule has 2 rings (SSSR count). The lowest BCUT2D eigenvalue weighted by Crippen LogP contribution is -1.96. The fraction of sp³-hybridized carbons (Fsp3) is 0.0769. The second kappa shape index (κ2) is 5.01. The van der Waals surface area contributed by atoms with Crippen LogP contribution in [-0.2, 0) is 0 Å². The SMILES string of the molecule is COc1cccc(-c2cc(F)ccc2[N+](=O)[O-])c1F. The molecule has 4 nitrogen and oxygen atoms in total. The first-order valence-electron chi connectivity index (χ1n) is 5.31. The number of benzene rings is 2. The van der Waals surface area contributed by atoms with Gasteiger partial charge in [0.1, 0.15) is 5.82 Å². The molecule has 0 N–H and O–H groups in total. The molecule has 0 aliphatic carbocycles. The van der Waals surface area contributed by atoms with E-state index in [-0.39, 0.29) is 22.6 Å². The molecule has 0 saturated carbocycles. The van der Waals surface area contributed by atoms with Gasteiger partial charge in [-0.3, -0.25) is 10.1 Å². The summed E-state index contributed by atoms with van der Waals surface area (Å²) >= 11 is 0. The van der Waals surface area contributed by atoms with E-state index in [4.69, 9.17) is 4.74 Å². The predicted octanol–water partition coefficient (Wildman–Crippen LogP) is 3.55. The molecule has 0 saturated heterocycles. The highest BCUT2D eigenvalue weighted by molar-refractivity contribution is 5.75. The molecule has 0 heterocycles. The molecule has 0 radical (unpaired) electrons. The Balaban J connectivity index is 2.71. The minimum atomic E-state index is -0.765. The van der Waals surface area contributed by atoms with Crippen LogP contribution >= 0.6 is 0 Å². The van der Waals surface area contributed by atoms with E-state index in [1.54, 1.807) is 0 Å². The van der Waals surface area contributed by atoms with Crippen molar-refractivity contribution in [3.05, 3.63) is 58.1 Å². The Labute approximate surface area is 107 Å². The van der Waals surface area contributed by atoms with Crippen molar-refractivity contribution >= 4 is 5.69 Å². The average molecular weight is 265 g/mol. The van der Waals surface area contributed by atoms with E-state index < -0.39 is 16.6 Å². The van der Waals surface area contributed by atoms with Gasteiger partial charge in [-0.1, -0.05) is 12.1 Å². The van der Waals surface area contributed by atoms with Crippen molar-refractivity contribution < 1.29 is 18.4 Å². The smallest absolute Gasteiger partial charge is 0.277 e. The molecule has 98 valence electrons. The first-order valence-corrected chi connectivity index (χ1v) is 5.31. The standard InChI is InChI=1S/C13H9F2NO3/c1-19-12-4-2-3-9(13(12)15)10-7-8(14)5-6-11(10)16(17)18/h2-7H,1H3. The van der Waals surface area contributed by atoms with E-state index in [1.165, 1.54) is 25.3 Å². The Morgan fingerprint density at radius 2 is 1.89 bits per heavy atom. The van der Waals surface area contributed by atoms with Gasteiger partial charge in [0.25, 0.3) is 5.69 Å². The second-order valence-electron chi connectivity index (χ2n) is 3.74. The molecule has 0 aromatic heterocycles. The Morgan fingerprint density at radius 3 is 2.53 bits per heavy atom. The Morgan fingerprint density at radius 1 is 1.16 bits per heavy atom.